The third-order valence-electron chi connectivity index (χ3n) is 3.82. The molecule has 0 aromatic heterocycles. The summed E-state index contributed by atoms with van der Waals surface area (Å²) in [7, 11) is -3.28. The molecule has 1 unspecified atom stereocenters. The van der Waals surface area contributed by atoms with Crippen LogP contribution in [0.5, 0.6) is 0 Å². The molecule has 2 N–H and O–H groups in total. The SMILES string of the molecule is Cc1cc(S(=O)C(F)(F)C(F)F)c(C)cc1NC(=O)NC(=O)c1ccccc1Cl. The topological polar surface area (TPSA) is 75.3 Å². The van der Waals surface area contributed by atoms with Crippen molar-refractivity contribution in [3.63, 3.8) is 0 Å². The van der Waals surface area contributed by atoms with Crippen LogP contribution < -0.4 is 10.6 Å². The number of aryl methyl sites for hydroxylation is 2. The van der Waals surface area contributed by atoms with E-state index in [1.54, 1.807) is 12.1 Å². The van der Waals surface area contributed by atoms with Gasteiger partial charge in [-0.25, -0.2) is 17.8 Å². The van der Waals surface area contributed by atoms with Crippen molar-refractivity contribution in [2.75, 3.05) is 5.32 Å². The molecule has 2 rings (SSSR count). The zero-order valence-corrected chi connectivity index (χ0v) is 16.6. The van der Waals surface area contributed by atoms with E-state index in [0.29, 0.717) is 0 Å². The van der Waals surface area contributed by atoms with Crippen molar-refractivity contribution < 1.29 is 31.4 Å². The van der Waals surface area contributed by atoms with Crippen LogP contribution in [0.15, 0.2) is 41.3 Å². The number of hydrogen-bond acceptors (Lipinski definition) is 3. The molecule has 0 aliphatic rings. The van der Waals surface area contributed by atoms with Crippen LogP contribution in [-0.4, -0.2) is 27.8 Å². The summed E-state index contributed by atoms with van der Waals surface area (Å²) < 4.78 is 63.6. The van der Waals surface area contributed by atoms with E-state index in [4.69, 9.17) is 11.6 Å². The highest BCUT2D eigenvalue weighted by atomic mass is 35.5. The maximum atomic E-state index is 13.4. The lowest BCUT2D eigenvalue weighted by atomic mass is 10.1. The first-order valence-corrected chi connectivity index (χ1v) is 9.54. The lowest BCUT2D eigenvalue weighted by Gasteiger charge is -2.18. The van der Waals surface area contributed by atoms with Crippen LogP contribution in [0, 0.1) is 13.8 Å². The predicted octanol–water partition coefficient (Wildman–Crippen LogP) is 4.88. The van der Waals surface area contributed by atoms with E-state index in [1.807, 2.05) is 0 Å². The van der Waals surface area contributed by atoms with E-state index >= 15 is 0 Å². The molecule has 0 spiro atoms. The second-order valence-corrected chi connectivity index (χ2v) is 7.88. The molecule has 0 aliphatic carbocycles. The van der Waals surface area contributed by atoms with Crippen molar-refractivity contribution in [1.82, 2.24) is 5.32 Å². The van der Waals surface area contributed by atoms with Gasteiger partial charge in [-0.2, -0.15) is 8.78 Å². The van der Waals surface area contributed by atoms with E-state index in [0.717, 1.165) is 6.07 Å². The molecule has 29 heavy (non-hydrogen) atoms. The third kappa shape index (κ3) is 5.13. The van der Waals surface area contributed by atoms with E-state index in [1.165, 1.54) is 32.0 Å². The van der Waals surface area contributed by atoms with E-state index in [9.17, 15) is 31.4 Å². The van der Waals surface area contributed by atoms with Crippen molar-refractivity contribution in [1.29, 1.82) is 0 Å². The van der Waals surface area contributed by atoms with Crippen LogP contribution in [0.1, 0.15) is 21.5 Å². The van der Waals surface area contributed by atoms with Gasteiger partial charge in [-0.15, -0.1) is 0 Å². The molecule has 0 saturated heterocycles. The molecule has 11 heteroatoms. The first kappa shape index (κ1) is 22.8. The number of benzene rings is 2. The number of carbonyl (C=O) groups is 2. The molecule has 156 valence electrons. The third-order valence-corrected chi connectivity index (χ3v) is 5.66. The first-order chi connectivity index (χ1) is 13.4. The molecule has 0 aliphatic heterocycles. The van der Waals surface area contributed by atoms with Crippen LogP contribution in [0.25, 0.3) is 0 Å². The Morgan fingerprint density at radius 3 is 2.31 bits per heavy atom. The summed E-state index contributed by atoms with van der Waals surface area (Å²) in [6.45, 7) is 2.68. The van der Waals surface area contributed by atoms with E-state index in [-0.39, 0.29) is 27.4 Å². The van der Waals surface area contributed by atoms with Gasteiger partial charge in [0.25, 0.3) is 5.91 Å². The zero-order chi connectivity index (χ0) is 21.9. The Kier molecular flexibility index (Phi) is 7.02. The van der Waals surface area contributed by atoms with Crippen LogP contribution in [0.3, 0.4) is 0 Å². The molecule has 2 aromatic carbocycles. The number of alkyl halides is 4. The van der Waals surface area contributed by atoms with Gasteiger partial charge in [-0.1, -0.05) is 23.7 Å². The Bertz CT molecular complexity index is 986. The molecular formula is C18H15ClF4N2O3S. The monoisotopic (exact) mass is 450 g/mol. The summed E-state index contributed by atoms with van der Waals surface area (Å²) in [5.41, 5.74) is 0.372. The lowest BCUT2D eigenvalue weighted by Crippen LogP contribution is -2.35. The van der Waals surface area contributed by atoms with E-state index < -0.39 is 39.3 Å². The van der Waals surface area contributed by atoms with Crippen LogP contribution in [-0.2, 0) is 10.8 Å². The molecule has 1 atom stereocenters. The number of nitrogens with one attached hydrogen (secondary N) is 2. The summed E-state index contributed by atoms with van der Waals surface area (Å²) >= 11 is 5.88. The number of carbonyl (C=O) groups excluding carboxylic acids is 2. The predicted molar refractivity (Wildman–Crippen MR) is 101 cm³/mol. The van der Waals surface area contributed by atoms with Crippen molar-refractivity contribution in [2.45, 2.75) is 30.4 Å². The molecule has 2 aromatic rings. The first-order valence-electron chi connectivity index (χ1n) is 8.01. The Labute approximate surface area is 170 Å². The quantitative estimate of drug-likeness (QED) is 0.637. The summed E-state index contributed by atoms with van der Waals surface area (Å²) in [4.78, 5) is 23.7. The fourth-order valence-corrected chi connectivity index (χ4v) is 3.63. The molecule has 0 saturated carbocycles. The van der Waals surface area contributed by atoms with Gasteiger partial charge in [0.1, 0.15) is 10.8 Å². The Hall–Kier alpha value is -2.46. The van der Waals surface area contributed by atoms with Crippen molar-refractivity contribution in [2.24, 2.45) is 0 Å². The number of halogens is 5. The lowest BCUT2D eigenvalue weighted by molar-refractivity contribution is -0.0602. The van der Waals surface area contributed by atoms with Gasteiger partial charge in [0.15, 0.2) is 0 Å². The van der Waals surface area contributed by atoms with Gasteiger partial charge < -0.3 is 5.32 Å². The minimum Gasteiger partial charge on any atom is -0.307 e. The number of imide groups is 1. The van der Waals surface area contributed by atoms with Crippen molar-refractivity contribution in [3.8, 4) is 0 Å². The molecular weight excluding hydrogens is 436 g/mol. The zero-order valence-electron chi connectivity index (χ0n) is 15.1. The second-order valence-electron chi connectivity index (χ2n) is 5.95. The van der Waals surface area contributed by atoms with Crippen molar-refractivity contribution >= 4 is 40.0 Å². The molecule has 0 heterocycles. The van der Waals surface area contributed by atoms with Gasteiger partial charge in [-0.05, 0) is 49.2 Å². The minimum atomic E-state index is -4.72. The summed E-state index contributed by atoms with van der Waals surface area (Å²) in [6.07, 6.45) is -4.09. The molecule has 5 nitrogen and oxygen atoms in total. The molecule has 3 amide bonds. The fraction of sp³-hybridized carbons (Fsp3) is 0.222. The average molecular weight is 451 g/mol. The van der Waals surface area contributed by atoms with Crippen LogP contribution in [0.2, 0.25) is 5.02 Å². The highest BCUT2D eigenvalue weighted by Crippen LogP contribution is 2.34. The smallest absolute Gasteiger partial charge is 0.307 e. The Morgan fingerprint density at radius 1 is 1.10 bits per heavy atom. The average Bonchev–Trinajstić information content (AvgIpc) is 2.63. The van der Waals surface area contributed by atoms with E-state index in [2.05, 4.69) is 10.6 Å². The fourth-order valence-electron chi connectivity index (χ4n) is 2.32. The van der Waals surface area contributed by atoms with Crippen molar-refractivity contribution in [3.05, 3.63) is 58.1 Å². The van der Waals surface area contributed by atoms with Gasteiger partial charge in [0.2, 0.25) is 0 Å². The van der Waals surface area contributed by atoms with Gasteiger partial charge in [-0.3, -0.25) is 10.1 Å². The van der Waals surface area contributed by atoms with Crippen LogP contribution >= 0.6 is 11.6 Å². The maximum absolute atomic E-state index is 13.4. The maximum Gasteiger partial charge on any atom is 0.384 e. The minimum absolute atomic E-state index is 0.00184. The molecule has 0 radical (unpaired) electrons. The van der Waals surface area contributed by atoms with Gasteiger partial charge in [0.05, 0.1) is 10.6 Å². The van der Waals surface area contributed by atoms with Gasteiger partial charge >= 0.3 is 17.7 Å². The number of amides is 3. The number of anilines is 1. The largest absolute Gasteiger partial charge is 0.384 e. The standard InChI is InChI=1S/C18H15ClF4N2O3S/c1-9-8-14(29(28)18(22,23)16(20)21)10(2)7-13(9)24-17(27)25-15(26)11-5-3-4-6-12(11)19/h3-8,16H,1-2H3,(H2,24,25,26,27). The van der Waals surface area contributed by atoms with Crippen LogP contribution in [0.4, 0.5) is 28.0 Å². The molecule has 0 fully saturated rings. The summed E-state index contributed by atoms with van der Waals surface area (Å²) in [5.74, 6) is -0.767. The Morgan fingerprint density at radius 2 is 1.72 bits per heavy atom. The number of hydrogen-bond donors (Lipinski definition) is 2. The number of rotatable bonds is 5. The highest BCUT2D eigenvalue weighted by Gasteiger charge is 2.48. The summed E-state index contributed by atoms with van der Waals surface area (Å²) in [5, 5.41) is -0.175. The highest BCUT2D eigenvalue weighted by molar-refractivity contribution is 7.86. The Balaban J connectivity index is 2.19. The molecule has 0 bridgehead atoms. The number of urea groups is 1. The summed E-state index contributed by atoms with van der Waals surface area (Å²) in [6, 6.07) is 7.33. The second kappa shape index (κ2) is 8.91. The normalized spacial score (nSPS) is 12.6. The van der Waals surface area contributed by atoms with Gasteiger partial charge in [0, 0.05) is 10.6 Å².